The molecule has 2 aromatic rings. The summed E-state index contributed by atoms with van der Waals surface area (Å²) in [6.45, 7) is 5.98. The van der Waals surface area contributed by atoms with E-state index in [-0.39, 0.29) is 5.78 Å². The molecule has 0 fully saturated rings. The molecular formula is C17H17NOS. The number of hydrogen-bond donors (Lipinski definition) is 1. The van der Waals surface area contributed by atoms with Crippen LogP contribution in [0.4, 0.5) is 5.69 Å². The quantitative estimate of drug-likeness (QED) is 0.384. The molecule has 20 heavy (non-hydrogen) atoms. The highest BCUT2D eigenvalue weighted by Crippen LogP contribution is 2.32. The molecule has 2 rings (SSSR count). The third kappa shape index (κ3) is 3.31. The van der Waals surface area contributed by atoms with Crippen LogP contribution in [0.1, 0.15) is 22.8 Å². The lowest BCUT2D eigenvalue weighted by atomic mass is 10.1. The van der Waals surface area contributed by atoms with Gasteiger partial charge in [0.1, 0.15) is 0 Å². The van der Waals surface area contributed by atoms with Gasteiger partial charge in [-0.25, -0.2) is 0 Å². The highest BCUT2D eigenvalue weighted by atomic mass is 32.2. The fraction of sp³-hybridized carbons (Fsp3) is 0.118. The van der Waals surface area contributed by atoms with Crippen molar-refractivity contribution in [2.45, 2.75) is 18.2 Å². The van der Waals surface area contributed by atoms with E-state index in [4.69, 9.17) is 5.73 Å². The van der Waals surface area contributed by atoms with Crippen LogP contribution < -0.4 is 5.73 Å². The number of nitrogen functional groups attached to an aromatic ring is 1. The number of nitrogens with two attached hydrogens (primary N) is 1. The average Bonchev–Trinajstić information content (AvgIpc) is 2.47. The second-order valence-corrected chi connectivity index (χ2v) is 5.58. The SMILES string of the molecule is C=C(Sc1cc(N)ccc1CC)C(=O)c1ccccc1. The van der Waals surface area contributed by atoms with Gasteiger partial charge < -0.3 is 5.73 Å². The van der Waals surface area contributed by atoms with Crippen molar-refractivity contribution in [1.82, 2.24) is 0 Å². The van der Waals surface area contributed by atoms with E-state index in [0.29, 0.717) is 16.2 Å². The highest BCUT2D eigenvalue weighted by molar-refractivity contribution is 8.04. The molecule has 0 unspecified atom stereocenters. The molecule has 0 saturated heterocycles. The number of allylic oxidation sites excluding steroid dienone is 1. The van der Waals surface area contributed by atoms with Crippen molar-refractivity contribution in [2.24, 2.45) is 0 Å². The van der Waals surface area contributed by atoms with E-state index in [1.807, 2.05) is 36.4 Å². The zero-order valence-electron chi connectivity index (χ0n) is 11.4. The number of Topliss-reactive ketones (excluding diaryl/α,β-unsaturated/α-hetero) is 1. The van der Waals surface area contributed by atoms with E-state index in [1.165, 1.54) is 17.3 Å². The van der Waals surface area contributed by atoms with Crippen molar-refractivity contribution in [3.8, 4) is 0 Å². The molecule has 0 radical (unpaired) electrons. The topological polar surface area (TPSA) is 43.1 Å². The summed E-state index contributed by atoms with van der Waals surface area (Å²) >= 11 is 1.39. The molecule has 0 aliphatic rings. The van der Waals surface area contributed by atoms with Crippen molar-refractivity contribution in [1.29, 1.82) is 0 Å². The van der Waals surface area contributed by atoms with E-state index in [1.54, 1.807) is 12.1 Å². The second kappa shape index (κ2) is 6.44. The molecule has 102 valence electrons. The van der Waals surface area contributed by atoms with Gasteiger partial charge in [0, 0.05) is 16.1 Å². The van der Waals surface area contributed by atoms with Crippen LogP contribution in [0.5, 0.6) is 0 Å². The fourth-order valence-corrected chi connectivity index (χ4v) is 2.90. The molecule has 0 aromatic heterocycles. The molecule has 0 bridgehead atoms. The van der Waals surface area contributed by atoms with E-state index in [0.717, 1.165) is 11.3 Å². The molecule has 0 spiro atoms. The van der Waals surface area contributed by atoms with Gasteiger partial charge in [0.15, 0.2) is 5.78 Å². The van der Waals surface area contributed by atoms with Crippen LogP contribution in [0, 0.1) is 0 Å². The van der Waals surface area contributed by atoms with Gasteiger partial charge in [0.05, 0.1) is 4.91 Å². The van der Waals surface area contributed by atoms with Crippen LogP contribution in [0.25, 0.3) is 0 Å². The summed E-state index contributed by atoms with van der Waals surface area (Å²) < 4.78 is 0. The maximum absolute atomic E-state index is 12.3. The predicted molar refractivity (Wildman–Crippen MR) is 86.0 cm³/mol. The summed E-state index contributed by atoms with van der Waals surface area (Å²) in [5.41, 5.74) is 8.35. The molecule has 0 saturated carbocycles. The minimum atomic E-state index is -0.0416. The highest BCUT2D eigenvalue weighted by Gasteiger charge is 2.13. The first kappa shape index (κ1) is 14.4. The van der Waals surface area contributed by atoms with Gasteiger partial charge in [0.25, 0.3) is 0 Å². The van der Waals surface area contributed by atoms with Crippen molar-refractivity contribution in [2.75, 3.05) is 5.73 Å². The predicted octanol–water partition coefficient (Wildman–Crippen LogP) is 4.32. The molecular weight excluding hydrogens is 266 g/mol. The Hall–Kier alpha value is -2.00. The molecule has 0 amide bonds. The molecule has 2 nitrogen and oxygen atoms in total. The Kier molecular flexibility index (Phi) is 4.64. The van der Waals surface area contributed by atoms with Crippen LogP contribution >= 0.6 is 11.8 Å². The number of anilines is 1. The third-order valence-corrected chi connectivity index (χ3v) is 4.03. The Bertz CT molecular complexity index is 635. The van der Waals surface area contributed by atoms with Crippen LogP contribution in [0.2, 0.25) is 0 Å². The number of ketones is 1. The Labute approximate surface area is 123 Å². The van der Waals surface area contributed by atoms with E-state index >= 15 is 0 Å². The summed E-state index contributed by atoms with van der Waals surface area (Å²) in [6.07, 6.45) is 0.898. The average molecular weight is 283 g/mol. The number of carbonyl (C=O) groups excluding carboxylic acids is 1. The van der Waals surface area contributed by atoms with Gasteiger partial charge in [0.2, 0.25) is 0 Å². The van der Waals surface area contributed by atoms with Crippen molar-refractivity contribution < 1.29 is 4.79 Å². The van der Waals surface area contributed by atoms with E-state index < -0.39 is 0 Å². The summed E-state index contributed by atoms with van der Waals surface area (Å²) in [4.78, 5) is 13.8. The molecule has 2 N–H and O–H groups in total. The standard InChI is InChI=1S/C17H17NOS/c1-3-13-9-10-15(18)11-16(13)20-12(2)17(19)14-7-5-4-6-8-14/h4-11H,2-3,18H2,1H3. The van der Waals surface area contributed by atoms with Gasteiger partial charge in [-0.1, -0.05) is 61.7 Å². The van der Waals surface area contributed by atoms with Crippen molar-refractivity contribution >= 4 is 23.2 Å². The zero-order valence-corrected chi connectivity index (χ0v) is 12.2. The smallest absolute Gasteiger partial charge is 0.199 e. The molecule has 0 aliphatic carbocycles. The molecule has 0 heterocycles. The lowest BCUT2D eigenvalue weighted by Crippen LogP contribution is -2.00. The minimum absolute atomic E-state index is 0.0416. The van der Waals surface area contributed by atoms with Crippen LogP contribution in [0.3, 0.4) is 0 Å². The fourth-order valence-electron chi connectivity index (χ4n) is 1.89. The first-order valence-corrected chi connectivity index (χ1v) is 7.28. The van der Waals surface area contributed by atoms with Crippen molar-refractivity contribution in [3.63, 3.8) is 0 Å². The first-order chi connectivity index (χ1) is 9.61. The van der Waals surface area contributed by atoms with E-state index in [9.17, 15) is 4.79 Å². The monoisotopic (exact) mass is 283 g/mol. The normalized spacial score (nSPS) is 10.2. The number of carbonyl (C=O) groups is 1. The number of rotatable bonds is 5. The Morgan fingerprint density at radius 3 is 2.55 bits per heavy atom. The molecule has 2 aromatic carbocycles. The van der Waals surface area contributed by atoms with Gasteiger partial charge in [-0.2, -0.15) is 0 Å². The zero-order chi connectivity index (χ0) is 14.5. The Morgan fingerprint density at radius 1 is 1.20 bits per heavy atom. The Balaban J connectivity index is 2.20. The summed E-state index contributed by atoms with van der Waals surface area (Å²) in [6, 6.07) is 15.0. The largest absolute Gasteiger partial charge is 0.399 e. The number of hydrogen-bond acceptors (Lipinski definition) is 3. The first-order valence-electron chi connectivity index (χ1n) is 6.46. The van der Waals surface area contributed by atoms with Crippen molar-refractivity contribution in [3.05, 3.63) is 71.1 Å². The molecule has 0 atom stereocenters. The molecule has 0 aliphatic heterocycles. The van der Waals surface area contributed by atoms with Gasteiger partial charge in [-0.15, -0.1) is 0 Å². The maximum atomic E-state index is 12.3. The second-order valence-electron chi connectivity index (χ2n) is 4.44. The van der Waals surface area contributed by atoms with Gasteiger partial charge in [-0.3, -0.25) is 4.79 Å². The summed E-state index contributed by atoms with van der Waals surface area (Å²) in [5.74, 6) is -0.0416. The molecule has 3 heteroatoms. The van der Waals surface area contributed by atoms with Crippen LogP contribution in [0.15, 0.2) is 64.9 Å². The number of aryl methyl sites for hydroxylation is 1. The summed E-state index contributed by atoms with van der Waals surface area (Å²) in [7, 11) is 0. The van der Waals surface area contributed by atoms with Gasteiger partial charge >= 0.3 is 0 Å². The van der Waals surface area contributed by atoms with E-state index in [2.05, 4.69) is 13.5 Å². The van der Waals surface area contributed by atoms with Crippen LogP contribution in [-0.4, -0.2) is 5.78 Å². The lowest BCUT2D eigenvalue weighted by molar-refractivity contribution is 0.104. The lowest BCUT2D eigenvalue weighted by Gasteiger charge is -2.10. The Morgan fingerprint density at radius 2 is 1.90 bits per heavy atom. The van der Waals surface area contributed by atoms with Crippen LogP contribution in [-0.2, 0) is 6.42 Å². The third-order valence-electron chi connectivity index (χ3n) is 2.99. The minimum Gasteiger partial charge on any atom is -0.399 e. The summed E-state index contributed by atoms with van der Waals surface area (Å²) in [5, 5.41) is 0. The number of thioether (sulfide) groups is 1. The maximum Gasteiger partial charge on any atom is 0.199 e. The van der Waals surface area contributed by atoms with Gasteiger partial charge in [-0.05, 0) is 24.1 Å². The number of benzene rings is 2.